The van der Waals surface area contributed by atoms with Crippen LogP contribution in [0.15, 0.2) is 18.2 Å². The highest BCUT2D eigenvalue weighted by molar-refractivity contribution is 5.51. The van der Waals surface area contributed by atoms with Gasteiger partial charge in [-0.1, -0.05) is 13.8 Å². The molecule has 2 atom stereocenters. The van der Waals surface area contributed by atoms with Crippen LogP contribution in [-0.4, -0.2) is 19.3 Å². The summed E-state index contributed by atoms with van der Waals surface area (Å²) in [6, 6.07) is 6.50. The van der Waals surface area contributed by atoms with Gasteiger partial charge in [0.05, 0.1) is 17.7 Å². The Labute approximate surface area is 107 Å². The van der Waals surface area contributed by atoms with E-state index < -0.39 is 5.82 Å². The van der Waals surface area contributed by atoms with Gasteiger partial charge >= 0.3 is 0 Å². The molecule has 0 amide bonds. The van der Waals surface area contributed by atoms with Gasteiger partial charge in [-0.25, -0.2) is 4.39 Å². The summed E-state index contributed by atoms with van der Waals surface area (Å²) in [5, 5.41) is 12.1. The largest absolute Gasteiger partial charge is 0.381 e. The summed E-state index contributed by atoms with van der Waals surface area (Å²) in [6.07, 6.45) is 1.11. The minimum atomic E-state index is -0.392. The van der Waals surface area contributed by atoms with Crippen molar-refractivity contribution in [2.45, 2.75) is 32.4 Å². The normalized spacial score (nSPS) is 25.1. The molecule has 18 heavy (non-hydrogen) atoms. The standard InChI is InChI=1S/C14H17FN2O/c1-14(2)12(7-13(14)18-3)17-11-5-9(8-16)4-10(15)6-11/h4-6,12-13,17H,7H2,1-3H3. The average Bonchev–Trinajstić information content (AvgIpc) is 2.33. The van der Waals surface area contributed by atoms with Crippen molar-refractivity contribution in [1.82, 2.24) is 0 Å². The van der Waals surface area contributed by atoms with Gasteiger partial charge in [-0.3, -0.25) is 0 Å². The molecule has 3 nitrogen and oxygen atoms in total. The molecule has 0 radical (unpaired) electrons. The Balaban J connectivity index is 2.12. The van der Waals surface area contributed by atoms with Crippen molar-refractivity contribution in [2.24, 2.45) is 5.41 Å². The van der Waals surface area contributed by atoms with Gasteiger partial charge in [0.25, 0.3) is 0 Å². The first-order chi connectivity index (χ1) is 8.47. The van der Waals surface area contributed by atoms with Crippen LogP contribution in [0.3, 0.4) is 0 Å². The lowest BCUT2D eigenvalue weighted by Crippen LogP contribution is -2.57. The minimum absolute atomic E-state index is 0.00781. The van der Waals surface area contributed by atoms with Crippen molar-refractivity contribution in [3.05, 3.63) is 29.6 Å². The molecular formula is C14H17FN2O. The molecule has 1 saturated carbocycles. The number of hydrogen-bond donors (Lipinski definition) is 1. The monoisotopic (exact) mass is 248 g/mol. The summed E-state index contributed by atoms with van der Waals surface area (Å²) >= 11 is 0. The van der Waals surface area contributed by atoms with Gasteiger partial charge in [-0.2, -0.15) is 5.26 Å². The number of halogens is 1. The highest BCUT2D eigenvalue weighted by Crippen LogP contribution is 2.44. The fraction of sp³-hybridized carbons (Fsp3) is 0.500. The maximum Gasteiger partial charge on any atom is 0.126 e. The molecule has 0 heterocycles. The lowest BCUT2D eigenvalue weighted by atomic mass is 9.64. The molecule has 0 aromatic heterocycles. The van der Waals surface area contributed by atoms with Crippen molar-refractivity contribution in [3.8, 4) is 6.07 Å². The molecule has 2 unspecified atom stereocenters. The Morgan fingerprint density at radius 1 is 1.44 bits per heavy atom. The van der Waals surface area contributed by atoms with Crippen LogP contribution in [0.25, 0.3) is 0 Å². The van der Waals surface area contributed by atoms with Crippen molar-refractivity contribution in [3.63, 3.8) is 0 Å². The molecule has 0 saturated heterocycles. The number of benzene rings is 1. The maximum absolute atomic E-state index is 13.3. The van der Waals surface area contributed by atoms with Crippen molar-refractivity contribution in [1.29, 1.82) is 5.26 Å². The average molecular weight is 248 g/mol. The molecule has 1 aliphatic rings. The topological polar surface area (TPSA) is 45.0 Å². The molecule has 0 aliphatic heterocycles. The smallest absolute Gasteiger partial charge is 0.126 e. The Hall–Kier alpha value is -1.60. The van der Waals surface area contributed by atoms with Crippen LogP contribution in [-0.2, 0) is 4.74 Å². The van der Waals surface area contributed by atoms with Crippen molar-refractivity contribution >= 4 is 5.69 Å². The highest BCUT2D eigenvalue weighted by atomic mass is 19.1. The zero-order chi connectivity index (χ0) is 13.3. The zero-order valence-electron chi connectivity index (χ0n) is 10.8. The van der Waals surface area contributed by atoms with Gasteiger partial charge in [0, 0.05) is 24.3 Å². The number of nitrogens with one attached hydrogen (secondary N) is 1. The van der Waals surface area contributed by atoms with Crippen LogP contribution >= 0.6 is 0 Å². The third-order valence-corrected chi connectivity index (χ3v) is 3.83. The van der Waals surface area contributed by atoms with E-state index in [1.807, 2.05) is 6.07 Å². The van der Waals surface area contributed by atoms with Gasteiger partial charge in [-0.15, -0.1) is 0 Å². The van der Waals surface area contributed by atoms with Gasteiger partial charge in [0.15, 0.2) is 0 Å². The third-order valence-electron chi connectivity index (χ3n) is 3.83. The number of nitrogens with zero attached hydrogens (tertiary/aromatic N) is 1. The van der Waals surface area contributed by atoms with E-state index in [-0.39, 0.29) is 17.6 Å². The molecule has 2 rings (SSSR count). The van der Waals surface area contributed by atoms with Crippen molar-refractivity contribution < 1.29 is 9.13 Å². The van der Waals surface area contributed by atoms with Gasteiger partial charge < -0.3 is 10.1 Å². The van der Waals surface area contributed by atoms with Crippen LogP contribution < -0.4 is 5.32 Å². The molecule has 0 spiro atoms. The third kappa shape index (κ3) is 2.19. The molecular weight excluding hydrogens is 231 g/mol. The quantitative estimate of drug-likeness (QED) is 0.894. The molecule has 1 aromatic rings. The molecule has 4 heteroatoms. The number of ether oxygens (including phenoxy) is 1. The second-order valence-electron chi connectivity index (χ2n) is 5.32. The predicted molar refractivity (Wildman–Crippen MR) is 67.7 cm³/mol. The number of methoxy groups -OCH3 is 1. The van der Waals surface area contributed by atoms with E-state index in [1.54, 1.807) is 13.2 Å². The van der Waals surface area contributed by atoms with E-state index in [4.69, 9.17) is 10.00 Å². The van der Waals surface area contributed by atoms with E-state index in [0.29, 0.717) is 11.3 Å². The number of hydrogen-bond acceptors (Lipinski definition) is 3. The van der Waals surface area contributed by atoms with E-state index in [1.165, 1.54) is 12.1 Å². The number of rotatable bonds is 3. The Morgan fingerprint density at radius 2 is 2.17 bits per heavy atom. The summed E-state index contributed by atoms with van der Waals surface area (Å²) in [6.45, 7) is 4.24. The van der Waals surface area contributed by atoms with Crippen molar-refractivity contribution in [2.75, 3.05) is 12.4 Å². The summed E-state index contributed by atoms with van der Waals surface area (Å²) < 4.78 is 18.7. The first-order valence-electron chi connectivity index (χ1n) is 5.97. The van der Waals surface area contributed by atoms with Crippen LogP contribution in [0.2, 0.25) is 0 Å². The Morgan fingerprint density at radius 3 is 2.72 bits per heavy atom. The molecule has 1 aliphatic carbocycles. The van der Waals surface area contributed by atoms with E-state index in [9.17, 15) is 4.39 Å². The number of anilines is 1. The Kier molecular flexibility index (Phi) is 3.27. The second kappa shape index (κ2) is 4.58. The van der Waals surface area contributed by atoms with Crippen LogP contribution in [0.5, 0.6) is 0 Å². The molecule has 0 bridgehead atoms. The molecule has 1 fully saturated rings. The lowest BCUT2D eigenvalue weighted by Gasteiger charge is -2.51. The van der Waals surface area contributed by atoms with Gasteiger partial charge in [0.2, 0.25) is 0 Å². The lowest BCUT2D eigenvalue weighted by molar-refractivity contribution is -0.0794. The molecule has 1 aromatic carbocycles. The van der Waals surface area contributed by atoms with E-state index in [2.05, 4.69) is 19.2 Å². The van der Waals surface area contributed by atoms with Crippen LogP contribution in [0.1, 0.15) is 25.8 Å². The van der Waals surface area contributed by atoms with Gasteiger partial charge in [-0.05, 0) is 24.6 Å². The summed E-state index contributed by atoms with van der Waals surface area (Å²) in [7, 11) is 1.71. The fourth-order valence-electron chi connectivity index (χ4n) is 2.47. The summed E-state index contributed by atoms with van der Waals surface area (Å²) in [5.74, 6) is -0.392. The molecule has 1 N–H and O–H groups in total. The van der Waals surface area contributed by atoms with E-state index >= 15 is 0 Å². The minimum Gasteiger partial charge on any atom is -0.381 e. The first-order valence-corrected chi connectivity index (χ1v) is 5.97. The SMILES string of the molecule is COC1CC(Nc2cc(F)cc(C#N)c2)C1(C)C. The number of nitriles is 1. The zero-order valence-corrected chi connectivity index (χ0v) is 10.8. The Bertz CT molecular complexity index is 493. The van der Waals surface area contributed by atoms with E-state index in [0.717, 1.165) is 6.42 Å². The first kappa shape index (κ1) is 12.8. The van der Waals surface area contributed by atoms with Crippen LogP contribution in [0, 0.1) is 22.6 Å². The highest BCUT2D eigenvalue weighted by Gasteiger charge is 2.48. The summed E-state index contributed by atoms with van der Waals surface area (Å²) in [5.41, 5.74) is 0.991. The second-order valence-corrected chi connectivity index (χ2v) is 5.32. The molecule has 96 valence electrons. The fourth-order valence-corrected chi connectivity index (χ4v) is 2.47. The summed E-state index contributed by atoms with van der Waals surface area (Å²) in [4.78, 5) is 0. The van der Waals surface area contributed by atoms with Crippen LogP contribution in [0.4, 0.5) is 10.1 Å². The van der Waals surface area contributed by atoms with Gasteiger partial charge in [0.1, 0.15) is 5.82 Å². The maximum atomic E-state index is 13.3. The predicted octanol–water partition coefficient (Wildman–Crippen LogP) is 2.92.